The Balaban J connectivity index is 1.91. The summed E-state index contributed by atoms with van der Waals surface area (Å²) in [7, 11) is 0. The van der Waals surface area contributed by atoms with Crippen LogP contribution in [0.1, 0.15) is 19.8 Å². The molecule has 1 N–H and O–H groups in total. The van der Waals surface area contributed by atoms with Crippen LogP contribution in [0.2, 0.25) is 0 Å². The van der Waals surface area contributed by atoms with Gasteiger partial charge in [0, 0.05) is 6.04 Å². The lowest BCUT2D eigenvalue weighted by Crippen LogP contribution is -2.40. The van der Waals surface area contributed by atoms with Crippen molar-refractivity contribution in [3.63, 3.8) is 0 Å². The van der Waals surface area contributed by atoms with Crippen LogP contribution in [0.3, 0.4) is 0 Å². The Kier molecular flexibility index (Phi) is 4.19. The summed E-state index contributed by atoms with van der Waals surface area (Å²) in [4.78, 5) is 0. The van der Waals surface area contributed by atoms with Gasteiger partial charge in [-0.05, 0) is 50.6 Å². The molecule has 2 rings (SSSR count). The van der Waals surface area contributed by atoms with Crippen molar-refractivity contribution in [2.75, 3.05) is 6.54 Å². The molecule has 1 aromatic carbocycles. The summed E-state index contributed by atoms with van der Waals surface area (Å²) in [6, 6.07) is 5.90. The Morgan fingerprint density at radius 3 is 2.37 bits per heavy atom. The monoisotopic (exact) mass is 275 g/mol. The highest BCUT2D eigenvalue weighted by atomic mass is 19.4. The first-order valence-electron chi connectivity index (χ1n) is 6.18. The summed E-state index contributed by atoms with van der Waals surface area (Å²) < 4.78 is 45.5. The molecule has 1 aromatic rings. The second kappa shape index (κ2) is 5.69. The maximum Gasteiger partial charge on any atom is 0.573 e. The number of hydrogen-bond acceptors (Lipinski definition) is 3. The third kappa shape index (κ3) is 4.63. The standard InChI is InChI=1S/C13H16F3NO2/c1-9-8-12(6-7-17-9)18-10-2-4-11(5-3-10)19-13(14,15)16/h2-5,9,12,17H,6-8H2,1H3. The van der Waals surface area contributed by atoms with Crippen LogP contribution in [0.25, 0.3) is 0 Å². The number of piperidine rings is 1. The molecule has 3 nitrogen and oxygen atoms in total. The number of alkyl halides is 3. The molecule has 0 amide bonds. The minimum atomic E-state index is -4.66. The van der Waals surface area contributed by atoms with Crippen LogP contribution in [0.5, 0.6) is 11.5 Å². The van der Waals surface area contributed by atoms with Crippen LogP contribution in [-0.2, 0) is 0 Å². The van der Waals surface area contributed by atoms with Crippen LogP contribution in [0, 0.1) is 0 Å². The Morgan fingerprint density at radius 1 is 1.16 bits per heavy atom. The van der Waals surface area contributed by atoms with Crippen molar-refractivity contribution in [1.29, 1.82) is 0 Å². The predicted octanol–water partition coefficient (Wildman–Crippen LogP) is 3.10. The zero-order valence-electron chi connectivity index (χ0n) is 10.5. The largest absolute Gasteiger partial charge is 0.573 e. The topological polar surface area (TPSA) is 30.5 Å². The number of benzene rings is 1. The second-order valence-corrected chi connectivity index (χ2v) is 4.64. The molecule has 0 spiro atoms. The van der Waals surface area contributed by atoms with Crippen LogP contribution >= 0.6 is 0 Å². The fraction of sp³-hybridized carbons (Fsp3) is 0.538. The maximum atomic E-state index is 12.0. The average molecular weight is 275 g/mol. The van der Waals surface area contributed by atoms with E-state index in [1.54, 1.807) is 0 Å². The molecule has 0 radical (unpaired) electrons. The Hall–Kier alpha value is -1.43. The number of ether oxygens (including phenoxy) is 2. The molecule has 106 valence electrons. The lowest BCUT2D eigenvalue weighted by molar-refractivity contribution is -0.274. The van der Waals surface area contributed by atoms with Gasteiger partial charge in [0.05, 0.1) is 0 Å². The highest BCUT2D eigenvalue weighted by molar-refractivity contribution is 5.31. The van der Waals surface area contributed by atoms with Gasteiger partial charge in [-0.3, -0.25) is 0 Å². The number of rotatable bonds is 3. The van der Waals surface area contributed by atoms with Crippen LogP contribution in [0.4, 0.5) is 13.2 Å². The van der Waals surface area contributed by atoms with E-state index < -0.39 is 6.36 Å². The van der Waals surface area contributed by atoms with E-state index in [2.05, 4.69) is 17.0 Å². The van der Waals surface area contributed by atoms with Gasteiger partial charge in [-0.15, -0.1) is 13.2 Å². The van der Waals surface area contributed by atoms with Gasteiger partial charge in [0.15, 0.2) is 0 Å². The molecule has 0 saturated carbocycles. The Morgan fingerprint density at radius 2 is 1.79 bits per heavy atom. The first-order chi connectivity index (χ1) is 8.92. The molecule has 0 aromatic heterocycles. The van der Waals surface area contributed by atoms with E-state index in [9.17, 15) is 13.2 Å². The van der Waals surface area contributed by atoms with Crippen molar-refractivity contribution < 1.29 is 22.6 Å². The van der Waals surface area contributed by atoms with E-state index in [0.29, 0.717) is 11.8 Å². The van der Waals surface area contributed by atoms with E-state index in [0.717, 1.165) is 19.4 Å². The SMILES string of the molecule is CC1CC(Oc2ccc(OC(F)(F)F)cc2)CCN1. The van der Waals surface area contributed by atoms with Crippen LogP contribution < -0.4 is 14.8 Å². The van der Waals surface area contributed by atoms with Gasteiger partial charge >= 0.3 is 6.36 Å². The fourth-order valence-electron chi connectivity index (χ4n) is 2.11. The molecule has 19 heavy (non-hydrogen) atoms. The van der Waals surface area contributed by atoms with Gasteiger partial charge in [-0.1, -0.05) is 0 Å². The molecule has 1 saturated heterocycles. The molecular formula is C13H16F3NO2. The molecule has 0 bridgehead atoms. The van der Waals surface area contributed by atoms with Crippen LogP contribution in [0.15, 0.2) is 24.3 Å². The van der Waals surface area contributed by atoms with E-state index in [4.69, 9.17) is 4.74 Å². The van der Waals surface area contributed by atoms with Gasteiger partial charge < -0.3 is 14.8 Å². The van der Waals surface area contributed by atoms with Crippen molar-refractivity contribution in [1.82, 2.24) is 5.32 Å². The van der Waals surface area contributed by atoms with Gasteiger partial charge in [0.25, 0.3) is 0 Å². The first-order valence-corrected chi connectivity index (χ1v) is 6.18. The second-order valence-electron chi connectivity index (χ2n) is 4.64. The van der Waals surface area contributed by atoms with Crippen LogP contribution in [-0.4, -0.2) is 25.1 Å². The third-order valence-corrected chi connectivity index (χ3v) is 2.94. The minimum absolute atomic E-state index is 0.102. The highest BCUT2D eigenvalue weighted by Crippen LogP contribution is 2.26. The molecule has 1 aliphatic rings. The Bertz CT molecular complexity index is 405. The fourth-order valence-corrected chi connectivity index (χ4v) is 2.11. The smallest absolute Gasteiger partial charge is 0.490 e. The summed E-state index contributed by atoms with van der Waals surface area (Å²) in [5.41, 5.74) is 0. The number of halogens is 3. The summed E-state index contributed by atoms with van der Waals surface area (Å²) >= 11 is 0. The van der Waals surface area contributed by atoms with E-state index in [1.807, 2.05) is 0 Å². The normalized spacial score (nSPS) is 24.0. The van der Waals surface area contributed by atoms with Gasteiger partial charge in [0.1, 0.15) is 17.6 Å². The van der Waals surface area contributed by atoms with Gasteiger partial charge in [0.2, 0.25) is 0 Å². The molecule has 2 atom stereocenters. The molecule has 1 heterocycles. The van der Waals surface area contributed by atoms with Crippen molar-refractivity contribution in [2.45, 2.75) is 38.3 Å². The summed E-state index contributed by atoms with van der Waals surface area (Å²) in [5.74, 6) is 0.326. The molecule has 1 fully saturated rings. The minimum Gasteiger partial charge on any atom is -0.490 e. The summed E-state index contributed by atoms with van der Waals surface area (Å²) in [6.45, 7) is 2.97. The Labute approximate surface area is 109 Å². The predicted molar refractivity (Wildman–Crippen MR) is 64.2 cm³/mol. The summed E-state index contributed by atoms with van der Waals surface area (Å²) in [5, 5.41) is 3.31. The van der Waals surface area contributed by atoms with Gasteiger partial charge in [-0.25, -0.2) is 0 Å². The van der Waals surface area contributed by atoms with Crippen molar-refractivity contribution in [3.05, 3.63) is 24.3 Å². The summed E-state index contributed by atoms with van der Waals surface area (Å²) in [6.07, 6.45) is -2.77. The quantitative estimate of drug-likeness (QED) is 0.919. The molecule has 1 aliphatic heterocycles. The van der Waals surface area contributed by atoms with E-state index >= 15 is 0 Å². The highest BCUT2D eigenvalue weighted by Gasteiger charge is 2.31. The molecular weight excluding hydrogens is 259 g/mol. The number of nitrogens with one attached hydrogen (secondary N) is 1. The maximum absolute atomic E-state index is 12.0. The third-order valence-electron chi connectivity index (χ3n) is 2.94. The van der Waals surface area contributed by atoms with E-state index in [-0.39, 0.29) is 11.9 Å². The zero-order chi connectivity index (χ0) is 13.9. The average Bonchev–Trinajstić information content (AvgIpc) is 2.30. The van der Waals surface area contributed by atoms with Gasteiger partial charge in [-0.2, -0.15) is 0 Å². The van der Waals surface area contributed by atoms with Crippen molar-refractivity contribution in [2.24, 2.45) is 0 Å². The lowest BCUT2D eigenvalue weighted by atomic mass is 10.0. The zero-order valence-corrected chi connectivity index (χ0v) is 10.5. The van der Waals surface area contributed by atoms with Crippen molar-refractivity contribution in [3.8, 4) is 11.5 Å². The first kappa shape index (κ1) is 14.0. The number of hydrogen-bond donors (Lipinski definition) is 1. The van der Waals surface area contributed by atoms with Crippen molar-refractivity contribution >= 4 is 0 Å². The molecule has 0 aliphatic carbocycles. The van der Waals surface area contributed by atoms with E-state index in [1.165, 1.54) is 24.3 Å². The molecule has 6 heteroatoms. The lowest BCUT2D eigenvalue weighted by Gasteiger charge is -2.28. The molecule has 2 unspecified atom stereocenters.